The van der Waals surface area contributed by atoms with E-state index in [1.165, 1.54) is 19.2 Å². The second-order valence-electron chi connectivity index (χ2n) is 2.97. The van der Waals surface area contributed by atoms with Crippen molar-refractivity contribution in [2.45, 2.75) is 6.36 Å². The second-order valence-corrected chi connectivity index (χ2v) is 3.53. The molecular weight excluding hydrogens is 305 g/mol. The zero-order chi connectivity index (χ0) is 13.1. The maximum absolute atomic E-state index is 12.1. The van der Waals surface area contributed by atoms with Crippen LogP contribution in [0.2, 0.25) is 0 Å². The predicted octanol–water partition coefficient (Wildman–Crippen LogP) is 3.17. The number of ether oxygens (including phenoxy) is 2. The van der Waals surface area contributed by atoms with Crippen molar-refractivity contribution in [2.24, 2.45) is 0 Å². The molecule has 0 fully saturated rings. The number of alkyl halides is 4. The second kappa shape index (κ2) is 5.39. The van der Waals surface area contributed by atoms with Crippen LogP contribution in [0.3, 0.4) is 0 Å². The van der Waals surface area contributed by atoms with Crippen molar-refractivity contribution in [3.63, 3.8) is 0 Å². The molecule has 0 unspecified atom stereocenters. The summed E-state index contributed by atoms with van der Waals surface area (Å²) in [7, 11) is 1.35. The summed E-state index contributed by atoms with van der Waals surface area (Å²) in [4.78, 5) is 11.4. The van der Waals surface area contributed by atoms with E-state index in [0.717, 1.165) is 6.07 Å². The van der Waals surface area contributed by atoms with Gasteiger partial charge in [0.05, 0.1) is 18.0 Å². The Kier molecular flexibility index (Phi) is 4.39. The molecule has 0 saturated heterocycles. The van der Waals surface area contributed by atoms with Crippen LogP contribution >= 0.6 is 15.9 Å². The van der Waals surface area contributed by atoms with E-state index in [-0.39, 0.29) is 16.6 Å². The van der Waals surface area contributed by atoms with Crippen LogP contribution in [-0.4, -0.2) is 24.6 Å². The van der Waals surface area contributed by atoms with Crippen molar-refractivity contribution in [3.8, 4) is 11.5 Å². The van der Waals surface area contributed by atoms with E-state index in [4.69, 9.17) is 4.74 Å². The van der Waals surface area contributed by atoms with E-state index < -0.39 is 17.9 Å². The zero-order valence-corrected chi connectivity index (χ0v) is 10.3. The lowest BCUT2D eigenvalue weighted by Crippen LogP contribution is -2.19. The number of halogens is 4. The van der Waals surface area contributed by atoms with Gasteiger partial charge in [-0.3, -0.25) is 4.79 Å². The van der Waals surface area contributed by atoms with Gasteiger partial charge in [-0.05, 0) is 18.2 Å². The molecule has 17 heavy (non-hydrogen) atoms. The van der Waals surface area contributed by atoms with Gasteiger partial charge in [0, 0.05) is 0 Å². The summed E-state index contributed by atoms with van der Waals surface area (Å²) in [6.07, 6.45) is -4.84. The number of ketones is 1. The highest BCUT2D eigenvalue weighted by Crippen LogP contribution is 2.30. The van der Waals surface area contributed by atoms with Crippen LogP contribution in [0.25, 0.3) is 0 Å². The Morgan fingerprint density at radius 2 is 2.06 bits per heavy atom. The summed E-state index contributed by atoms with van der Waals surface area (Å²) in [6.45, 7) is 0. The zero-order valence-electron chi connectivity index (χ0n) is 8.68. The Labute approximate surface area is 104 Å². The maximum Gasteiger partial charge on any atom is 0.573 e. The van der Waals surface area contributed by atoms with Gasteiger partial charge in [0.1, 0.15) is 11.5 Å². The van der Waals surface area contributed by atoms with Crippen LogP contribution in [0.1, 0.15) is 10.4 Å². The van der Waals surface area contributed by atoms with Crippen molar-refractivity contribution in [3.05, 3.63) is 23.8 Å². The Balaban J connectivity index is 3.15. The van der Waals surface area contributed by atoms with Gasteiger partial charge in [0.15, 0.2) is 5.78 Å². The number of carbonyl (C=O) groups is 1. The summed E-state index contributed by atoms with van der Waals surface area (Å²) in [5, 5.41) is -0.103. The van der Waals surface area contributed by atoms with Crippen molar-refractivity contribution in [1.82, 2.24) is 0 Å². The quantitative estimate of drug-likeness (QED) is 0.633. The minimum Gasteiger partial charge on any atom is -0.497 e. The number of hydrogen-bond donors (Lipinski definition) is 0. The number of Topliss-reactive ketones (excluding diaryl/α,β-unsaturated/α-hetero) is 1. The molecule has 0 aromatic heterocycles. The standard InChI is InChI=1S/C10H8BrF3O3/c1-16-6-2-3-9(17-10(12,13)14)7(4-6)8(15)5-11/h2-4H,5H2,1H3. The summed E-state index contributed by atoms with van der Waals surface area (Å²) in [6, 6.07) is 3.53. The molecule has 0 amide bonds. The average Bonchev–Trinajstić information content (AvgIpc) is 2.26. The van der Waals surface area contributed by atoms with E-state index in [0.29, 0.717) is 0 Å². The monoisotopic (exact) mass is 312 g/mol. The predicted molar refractivity (Wildman–Crippen MR) is 57.8 cm³/mol. The molecule has 0 aliphatic rings. The Morgan fingerprint density at radius 1 is 1.41 bits per heavy atom. The van der Waals surface area contributed by atoms with E-state index in [9.17, 15) is 18.0 Å². The summed E-state index contributed by atoms with van der Waals surface area (Å²) < 4.78 is 44.9. The van der Waals surface area contributed by atoms with Crippen LogP contribution < -0.4 is 9.47 Å². The third-order valence-electron chi connectivity index (χ3n) is 1.83. The molecule has 1 aromatic rings. The topological polar surface area (TPSA) is 35.5 Å². The lowest BCUT2D eigenvalue weighted by Gasteiger charge is -2.13. The average molecular weight is 313 g/mol. The van der Waals surface area contributed by atoms with Crippen molar-refractivity contribution < 1.29 is 27.4 Å². The van der Waals surface area contributed by atoms with Crippen molar-refractivity contribution in [1.29, 1.82) is 0 Å². The smallest absolute Gasteiger partial charge is 0.497 e. The highest BCUT2D eigenvalue weighted by molar-refractivity contribution is 9.09. The van der Waals surface area contributed by atoms with Gasteiger partial charge in [-0.25, -0.2) is 0 Å². The van der Waals surface area contributed by atoms with Gasteiger partial charge in [-0.1, -0.05) is 15.9 Å². The number of methoxy groups -OCH3 is 1. The van der Waals surface area contributed by atoms with Gasteiger partial charge in [0.2, 0.25) is 0 Å². The van der Waals surface area contributed by atoms with Gasteiger partial charge in [-0.15, -0.1) is 13.2 Å². The van der Waals surface area contributed by atoms with Gasteiger partial charge in [0.25, 0.3) is 0 Å². The molecule has 0 spiro atoms. The van der Waals surface area contributed by atoms with E-state index in [2.05, 4.69) is 20.7 Å². The molecular formula is C10H8BrF3O3. The lowest BCUT2D eigenvalue weighted by molar-refractivity contribution is -0.274. The number of carbonyl (C=O) groups excluding carboxylic acids is 1. The Hall–Kier alpha value is -1.24. The first-order valence-electron chi connectivity index (χ1n) is 4.40. The molecule has 0 saturated carbocycles. The molecule has 0 aliphatic carbocycles. The van der Waals surface area contributed by atoms with Crippen LogP contribution in [-0.2, 0) is 0 Å². The fourth-order valence-electron chi connectivity index (χ4n) is 1.14. The van der Waals surface area contributed by atoms with Crippen LogP contribution in [0.5, 0.6) is 11.5 Å². The Bertz CT molecular complexity index is 418. The fourth-order valence-corrected chi connectivity index (χ4v) is 1.44. The largest absolute Gasteiger partial charge is 0.573 e. The third kappa shape index (κ3) is 3.92. The molecule has 7 heteroatoms. The first-order chi connectivity index (χ1) is 7.87. The lowest BCUT2D eigenvalue weighted by atomic mass is 10.1. The molecule has 0 bridgehead atoms. The molecule has 0 atom stereocenters. The SMILES string of the molecule is COc1ccc(OC(F)(F)F)c(C(=O)CBr)c1. The number of benzene rings is 1. The van der Waals surface area contributed by atoms with Crippen molar-refractivity contribution in [2.75, 3.05) is 12.4 Å². The summed E-state index contributed by atoms with van der Waals surface area (Å²) in [5.41, 5.74) is -0.182. The van der Waals surface area contributed by atoms with E-state index >= 15 is 0 Å². The third-order valence-corrected chi connectivity index (χ3v) is 2.34. The van der Waals surface area contributed by atoms with Crippen LogP contribution in [0, 0.1) is 0 Å². The van der Waals surface area contributed by atoms with Crippen LogP contribution in [0.15, 0.2) is 18.2 Å². The summed E-state index contributed by atoms with van der Waals surface area (Å²) >= 11 is 2.88. The molecule has 94 valence electrons. The number of hydrogen-bond acceptors (Lipinski definition) is 3. The molecule has 3 nitrogen and oxygen atoms in total. The summed E-state index contributed by atoms with van der Waals surface area (Å²) in [5.74, 6) is -0.783. The van der Waals surface area contributed by atoms with E-state index in [1.54, 1.807) is 0 Å². The highest BCUT2D eigenvalue weighted by Gasteiger charge is 2.32. The van der Waals surface area contributed by atoms with E-state index in [1.807, 2.05) is 0 Å². The molecule has 0 heterocycles. The fraction of sp³-hybridized carbons (Fsp3) is 0.300. The highest BCUT2D eigenvalue weighted by atomic mass is 79.9. The molecule has 1 rings (SSSR count). The van der Waals surface area contributed by atoms with Crippen LogP contribution in [0.4, 0.5) is 13.2 Å². The van der Waals surface area contributed by atoms with Gasteiger partial charge < -0.3 is 9.47 Å². The molecule has 0 N–H and O–H groups in total. The van der Waals surface area contributed by atoms with Gasteiger partial charge in [-0.2, -0.15) is 0 Å². The first kappa shape index (κ1) is 13.8. The first-order valence-corrected chi connectivity index (χ1v) is 5.52. The maximum atomic E-state index is 12.1. The minimum absolute atomic E-state index is 0.103. The Morgan fingerprint density at radius 3 is 2.53 bits per heavy atom. The normalized spacial score (nSPS) is 11.1. The molecule has 1 aromatic carbocycles. The molecule has 0 aliphatic heterocycles. The van der Waals surface area contributed by atoms with Crippen molar-refractivity contribution >= 4 is 21.7 Å². The molecule has 0 radical (unpaired) electrons. The number of rotatable bonds is 4. The minimum atomic E-state index is -4.84. The van der Waals surface area contributed by atoms with Gasteiger partial charge >= 0.3 is 6.36 Å².